The Morgan fingerprint density at radius 2 is 1.80 bits per heavy atom. The van der Waals surface area contributed by atoms with Gasteiger partial charge in [-0.05, 0) is 69.1 Å². The van der Waals surface area contributed by atoms with E-state index in [1.54, 1.807) is 0 Å². The quantitative estimate of drug-likeness (QED) is 0.886. The molecule has 1 atom stereocenters. The second-order valence-electron chi connectivity index (χ2n) is 7.12. The number of hydrogen-bond donors (Lipinski definition) is 1. The van der Waals surface area contributed by atoms with Crippen molar-refractivity contribution >= 4 is 0 Å². The number of piperidine rings is 1. The molecule has 108 valence electrons. The third-order valence-corrected chi connectivity index (χ3v) is 5.95. The summed E-state index contributed by atoms with van der Waals surface area (Å²) in [5, 5.41) is 3.51. The topological polar surface area (TPSA) is 15.3 Å². The molecule has 20 heavy (non-hydrogen) atoms. The average molecular weight is 270 g/mol. The van der Waals surface area contributed by atoms with Crippen LogP contribution in [0.4, 0.5) is 0 Å². The van der Waals surface area contributed by atoms with Gasteiger partial charge in [-0.2, -0.15) is 0 Å². The SMILES string of the molecule is c1ccc(C2CCCN2C2CC3(CCNCC3)C2)cc1. The lowest BCUT2D eigenvalue weighted by Gasteiger charge is -2.54. The molecule has 0 aromatic heterocycles. The molecule has 2 nitrogen and oxygen atoms in total. The maximum absolute atomic E-state index is 3.51. The number of nitrogens with one attached hydrogen (secondary N) is 1. The summed E-state index contributed by atoms with van der Waals surface area (Å²) in [7, 11) is 0. The van der Waals surface area contributed by atoms with Gasteiger partial charge in [-0.25, -0.2) is 0 Å². The zero-order valence-electron chi connectivity index (χ0n) is 12.4. The van der Waals surface area contributed by atoms with E-state index in [4.69, 9.17) is 0 Å². The molecule has 0 amide bonds. The van der Waals surface area contributed by atoms with Gasteiger partial charge in [-0.3, -0.25) is 4.90 Å². The van der Waals surface area contributed by atoms with Crippen LogP contribution in [-0.2, 0) is 0 Å². The smallest absolute Gasteiger partial charge is 0.0351 e. The van der Waals surface area contributed by atoms with E-state index in [0.717, 1.165) is 6.04 Å². The van der Waals surface area contributed by atoms with Crippen LogP contribution in [-0.4, -0.2) is 30.6 Å². The Balaban J connectivity index is 1.44. The van der Waals surface area contributed by atoms with Crippen LogP contribution >= 0.6 is 0 Å². The maximum atomic E-state index is 3.51. The highest BCUT2D eigenvalue weighted by Crippen LogP contribution is 2.52. The minimum atomic E-state index is 0.695. The number of hydrogen-bond acceptors (Lipinski definition) is 2. The minimum Gasteiger partial charge on any atom is -0.317 e. The molecule has 3 aliphatic rings. The molecule has 2 heterocycles. The van der Waals surface area contributed by atoms with Crippen molar-refractivity contribution in [2.75, 3.05) is 19.6 Å². The summed E-state index contributed by atoms with van der Waals surface area (Å²) in [5.41, 5.74) is 2.25. The van der Waals surface area contributed by atoms with Gasteiger partial charge in [0.25, 0.3) is 0 Å². The highest BCUT2D eigenvalue weighted by molar-refractivity contribution is 5.21. The van der Waals surface area contributed by atoms with E-state index in [9.17, 15) is 0 Å². The van der Waals surface area contributed by atoms with Gasteiger partial charge >= 0.3 is 0 Å². The van der Waals surface area contributed by atoms with Gasteiger partial charge < -0.3 is 5.32 Å². The first-order valence-corrected chi connectivity index (χ1v) is 8.38. The van der Waals surface area contributed by atoms with Crippen LogP contribution in [0.1, 0.15) is 50.1 Å². The summed E-state index contributed by atoms with van der Waals surface area (Å²) in [6, 6.07) is 12.7. The van der Waals surface area contributed by atoms with Crippen molar-refractivity contribution < 1.29 is 0 Å². The highest BCUT2D eigenvalue weighted by Gasteiger charge is 2.48. The average Bonchev–Trinajstić information content (AvgIpc) is 2.95. The van der Waals surface area contributed by atoms with Crippen molar-refractivity contribution in [3.05, 3.63) is 35.9 Å². The minimum absolute atomic E-state index is 0.695. The molecule has 1 N–H and O–H groups in total. The molecule has 4 rings (SSSR count). The van der Waals surface area contributed by atoms with Crippen LogP contribution in [0.15, 0.2) is 30.3 Å². The number of likely N-dealkylation sites (tertiary alicyclic amines) is 1. The predicted molar refractivity (Wildman–Crippen MR) is 82.7 cm³/mol. The fourth-order valence-electron chi connectivity index (χ4n) is 4.80. The zero-order chi connectivity index (χ0) is 13.4. The van der Waals surface area contributed by atoms with Gasteiger partial charge in [0.05, 0.1) is 0 Å². The molecule has 2 aliphatic heterocycles. The Hall–Kier alpha value is -0.860. The molecular weight excluding hydrogens is 244 g/mol. The van der Waals surface area contributed by atoms with Crippen LogP contribution in [0.5, 0.6) is 0 Å². The first-order chi connectivity index (χ1) is 9.86. The normalized spacial score (nSPS) is 30.5. The predicted octanol–water partition coefficient (Wildman–Crippen LogP) is 3.36. The van der Waals surface area contributed by atoms with Gasteiger partial charge in [0.2, 0.25) is 0 Å². The van der Waals surface area contributed by atoms with E-state index in [1.807, 2.05) is 0 Å². The Morgan fingerprint density at radius 3 is 2.55 bits per heavy atom. The molecule has 1 unspecified atom stereocenters. The van der Waals surface area contributed by atoms with E-state index < -0.39 is 0 Å². The first-order valence-electron chi connectivity index (χ1n) is 8.38. The zero-order valence-corrected chi connectivity index (χ0v) is 12.4. The van der Waals surface area contributed by atoms with E-state index in [1.165, 1.54) is 63.7 Å². The number of rotatable bonds is 2. The van der Waals surface area contributed by atoms with Crippen molar-refractivity contribution in [1.29, 1.82) is 0 Å². The Labute approximate surface area is 122 Å². The van der Waals surface area contributed by atoms with Crippen LogP contribution in [0.3, 0.4) is 0 Å². The fraction of sp³-hybridized carbons (Fsp3) is 0.667. The molecule has 3 fully saturated rings. The second kappa shape index (κ2) is 5.16. The molecule has 2 heteroatoms. The lowest BCUT2D eigenvalue weighted by atomic mass is 9.60. The van der Waals surface area contributed by atoms with Gasteiger partial charge in [0, 0.05) is 12.1 Å². The number of benzene rings is 1. The molecule has 1 aromatic rings. The monoisotopic (exact) mass is 270 g/mol. The summed E-state index contributed by atoms with van der Waals surface area (Å²) in [5.74, 6) is 0. The Kier molecular flexibility index (Phi) is 3.31. The molecule has 1 saturated carbocycles. The van der Waals surface area contributed by atoms with Gasteiger partial charge in [0.1, 0.15) is 0 Å². The molecule has 2 saturated heterocycles. The first kappa shape index (κ1) is 12.8. The molecule has 0 bridgehead atoms. The summed E-state index contributed by atoms with van der Waals surface area (Å²) in [4.78, 5) is 2.82. The fourth-order valence-corrected chi connectivity index (χ4v) is 4.80. The standard InChI is InChI=1S/C18H26N2/c1-2-5-15(6-3-1)17-7-4-12-20(17)16-13-18(14-16)8-10-19-11-9-18/h1-3,5-6,16-17,19H,4,7-14H2. The second-order valence-corrected chi connectivity index (χ2v) is 7.12. The van der Waals surface area contributed by atoms with Crippen LogP contribution in [0, 0.1) is 5.41 Å². The van der Waals surface area contributed by atoms with E-state index in [2.05, 4.69) is 40.5 Å². The van der Waals surface area contributed by atoms with Crippen molar-refractivity contribution in [3.8, 4) is 0 Å². The molecule has 1 spiro atoms. The largest absolute Gasteiger partial charge is 0.317 e. The van der Waals surface area contributed by atoms with Crippen LogP contribution in [0.25, 0.3) is 0 Å². The summed E-state index contributed by atoms with van der Waals surface area (Å²) < 4.78 is 0. The third kappa shape index (κ3) is 2.19. The maximum Gasteiger partial charge on any atom is 0.0351 e. The molecule has 1 aromatic carbocycles. The van der Waals surface area contributed by atoms with Crippen molar-refractivity contribution in [1.82, 2.24) is 10.2 Å². The van der Waals surface area contributed by atoms with Crippen LogP contribution < -0.4 is 5.32 Å². The Bertz CT molecular complexity index is 442. The summed E-state index contributed by atoms with van der Waals surface area (Å²) in [6.07, 6.45) is 8.47. The van der Waals surface area contributed by atoms with E-state index >= 15 is 0 Å². The lowest BCUT2D eigenvalue weighted by molar-refractivity contribution is -0.0264. The highest BCUT2D eigenvalue weighted by atomic mass is 15.2. The molecule has 0 radical (unpaired) electrons. The van der Waals surface area contributed by atoms with E-state index in [-0.39, 0.29) is 0 Å². The van der Waals surface area contributed by atoms with Crippen LogP contribution in [0.2, 0.25) is 0 Å². The van der Waals surface area contributed by atoms with Gasteiger partial charge in [-0.15, -0.1) is 0 Å². The summed E-state index contributed by atoms with van der Waals surface area (Å²) in [6.45, 7) is 3.81. The van der Waals surface area contributed by atoms with Gasteiger partial charge in [-0.1, -0.05) is 30.3 Å². The Morgan fingerprint density at radius 1 is 1.05 bits per heavy atom. The van der Waals surface area contributed by atoms with Crippen molar-refractivity contribution in [2.24, 2.45) is 5.41 Å². The number of nitrogens with zero attached hydrogens (tertiary/aromatic N) is 1. The summed E-state index contributed by atoms with van der Waals surface area (Å²) >= 11 is 0. The van der Waals surface area contributed by atoms with Crippen molar-refractivity contribution in [3.63, 3.8) is 0 Å². The lowest BCUT2D eigenvalue weighted by Crippen LogP contribution is -2.54. The van der Waals surface area contributed by atoms with E-state index in [0.29, 0.717) is 11.5 Å². The molecule has 1 aliphatic carbocycles. The third-order valence-electron chi connectivity index (χ3n) is 5.95. The van der Waals surface area contributed by atoms with Crippen molar-refractivity contribution in [2.45, 2.75) is 50.6 Å². The van der Waals surface area contributed by atoms with Gasteiger partial charge in [0.15, 0.2) is 0 Å². The molecular formula is C18H26N2.